The molecular weight excluding hydrogens is 524 g/mol. The Kier molecular flexibility index (Phi) is 7.02. The maximum Gasteiger partial charge on any atom is 0.339 e. The number of benzene rings is 2. The summed E-state index contributed by atoms with van der Waals surface area (Å²) in [6.45, 7) is 1.86. The molecule has 2 aromatic heterocycles. The van der Waals surface area contributed by atoms with Gasteiger partial charge in [-0.05, 0) is 68.2 Å². The Hall–Kier alpha value is -3.63. The highest BCUT2D eigenvalue weighted by Gasteiger charge is 2.30. The first-order chi connectivity index (χ1) is 18.2. The van der Waals surface area contributed by atoms with Crippen molar-refractivity contribution < 1.29 is 25.8 Å². The number of aromatic nitrogens is 2. The standard InChI is InChI=1S/C28H28N2O6S2/c1-20-12-14-25(15-13-20)38(33,34)36-27(16-21-8-6-7-9-21)26-18-22-17-23(35-2)19-29-28(22)30(26)37(31,32)24-10-4-3-5-11-24/h3-5,10-19,21H,6-9H2,1-2H3. The lowest BCUT2D eigenvalue weighted by molar-refractivity contribution is 0.413. The van der Waals surface area contributed by atoms with E-state index in [0.717, 1.165) is 35.2 Å². The van der Waals surface area contributed by atoms with Crippen LogP contribution in [0.3, 0.4) is 0 Å². The van der Waals surface area contributed by atoms with Gasteiger partial charge in [-0.2, -0.15) is 8.42 Å². The topological polar surface area (TPSA) is 105 Å². The Morgan fingerprint density at radius 3 is 2.29 bits per heavy atom. The Labute approximate surface area is 222 Å². The lowest BCUT2D eigenvalue weighted by atomic mass is 10.1. The summed E-state index contributed by atoms with van der Waals surface area (Å²) >= 11 is 0. The van der Waals surface area contributed by atoms with Crippen molar-refractivity contribution in [2.45, 2.75) is 42.4 Å². The van der Waals surface area contributed by atoms with E-state index in [4.69, 9.17) is 8.92 Å². The van der Waals surface area contributed by atoms with Gasteiger partial charge < -0.3 is 8.92 Å². The monoisotopic (exact) mass is 552 g/mol. The fourth-order valence-corrected chi connectivity index (χ4v) is 7.08. The zero-order valence-electron chi connectivity index (χ0n) is 21.1. The van der Waals surface area contributed by atoms with Crippen LogP contribution in [0.1, 0.15) is 36.9 Å². The fourth-order valence-electron chi connectivity index (χ4n) is 4.64. The minimum atomic E-state index is -4.26. The van der Waals surface area contributed by atoms with Gasteiger partial charge >= 0.3 is 10.1 Å². The Bertz CT molecular complexity index is 1700. The highest BCUT2D eigenvalue weighted by Crippen LogP contribution is 2.36. The number of nitrogens with zero attached hydrogens (tertiary/aromatic N) is 2. The molecule has 2 heterocycles. The smallest absolute Gasteiger partial charge is 0.339 e. The molecule has 0 amide bonds. The van der Waals surface area contributed by atoms with Crippen molar-refractivity contribution in [1.29, 1.82) is 0 Å². The predicted octanol–water partition coefficient (Wildman–Crippen LogP) is 5.53. The minimum absolute atomic E-state index is 0.0196. The molecule has 0 bridgehead atoms. The molecule has 198 valence electrons. The van der Waals surface area contributed by atoms with Crippen LogP contribution in [0, 0.1) is 12.8 Å². The van der Waals surface area contributed by atoms with Crippen LogP contribution in [0.5, 0.6) is 5.75 Å². The molecular formula is C28H28N2O6S2. The summed E-state index contributed by atoms with van der Waals surface area (Å²) in [5.74, 6) is 0.438. The number of methoxy groups -OCH3 is 1. The van der Waals surface area contributed by atoms with E-state index in [1.54, 1.807) is 48.5 Å². The van der Waals surface area contributed by atoms with E-state index < -0.39 is 20.1 Å². The van der Waals surface area contributed by atoms with Gasteiger partial charge in [-0.15, -0.1) is 0 Å². The molecule has 1 saturated carbocycles. The zero-order valence-corrected chi connectivity index (χ0v) is 22.7. The normalized spacial score (nSPS) is 15.2. The number of hydrogen-bond acceptors (Lipinski definition) is 7. The van der Waals surface area contributed by atoms with Gasteiger partial charge in [0.15, 0.2) is 11.4 Å². The van der Waals surface area contributed by atoms with E-state index in [0.29, 0.717) is 11.1 Å². The van der Waals surface area contributed by atoms with Gasteiger partial charge in [0.05, 0.1) is 18.2 Å². The molecule has 0 saturated heterocycles. The average molecular weight is 553 g/mol. The van der Waals surface area contributed by atoms with Gasteiger partial charge in [-0.25, -0.2) is 17.4 Å². The molecule has 1 aliphatic rings. The van der Waals surface area contributed by atoms with Gasteiger partial charge in [-0.3, -0.25) is 0 Å². The number of ether oxygens (including phenoxy) is 1. The molecule has 8 nitrogen and oxygen atoms in total. The average Bonchev–Trinajstić information content (AvgIpc) is 3.56. The van der Waals surface area contributed by atoms with Gasteiger partial charge in [0, 0.05) is 5.39 Å². The molecule has 0 spiro atoms. The summed E-state index contributed by atoms with van der Waals surface area (Å²) in [4.78, 5) is 4.39. The quantitative estimate of drug-likeness (QED) is 0.209. The number of rotatable bonds is 8. The second-order valence-electron chi connectivity index (χ2n) is 9.33. The number of aryl methyl sites for hydroxylation is 1. The molecule has 0 unspecified atom stereocenters. The van der Waals surface area contributed by atoms with E-state index >= 15 is 0 Å². The van der Waals surface area contributed by atoms with Crippen LogP contribution in [-0.4, -0.2) is 32.9 Å². The van der Waals surface area contributed by atoms with E-state index in [-0.39, 0.29) is 32.8 Å². The molecule has 10 heteroatoms. The molecule has 0 aliphatic heterocycles. The van der Waals surface area contributed by atoms with Crippen molar-refractivity contribution in [3.05, 3.63) is 90.3 Å². The van der Waals surface area contributed by atoms with E-state index in [1.165, 1.54) is 37.6 Å². The number of pyridine rings is 1. The third-order valence-electron chi connectivity index (χ3n) is 6.64. The van der Waals surface area contributed by atoms with Crippen molar-refractivity contribution in [1.82, 2.24) is 8.96 Å². The predicted molar refractivity (Wildman–Crippen MR) is 145 cm³/mol. The minimum Gasteiger partial charge on any atom is -0.495 e. The van der Waals surface area contributed by atoms with Gasteiger partial charge in [0.25, 0.3) is 10.0 Å². The molecule has 5 rings (SSSR count). The summed E-state index contributed by atoms with van der Waals surface area (Å²) in [5, 5.41) is 0.465. The molecule has 1 fully saturated rings. The zero-order chi connectivity index (χ0) is 26.9. The third kappa shape index (κ3) is 5.06. The Morgan fingerprint density at radius 2 is 1.63 bits per heavy atom. The van der Waals surface area contributed by atoms with E-state index in [9.17, 15) is 16.8 Å². The van der Waals surface area contributed by atoms with Crippen molar-refractivity contribution in [2.75, 3.05) is 7.11 Å². The maximum atomic E-state index is 14.0. The van der Waals surface area contributed by atoms with Crippen LogP contribution >= 0.6 is 0 Å². The first-order valence-electron chi connectivity index (χ1n) is 12.3. The van der Waals surface area contributed by atoms with Crippen LogP contribution in [0.15, 0.2) is 88.8 Å². The van der Waals surface area contributed by atoms with Crippen LogP contribution in [0.2, 0.25) is 0 Å². The highest BCUT2D eigenvalue weighted by atomic mass is 32.2. The summed E-state index contributed by atoms with van der Waals surface area (Å²) in [7, 11) is -6.95. The second kappa shape index (κ2) is 10.3. The molecule has 2 aromatic carbocycles. The summed E-state index contributed by atoms with van der Waals surface area (Å²) < 4.78 is 66.8. The highest BCUT2D eigenvalue weighted by molar-refractivity contribution is 7.90. The molecule has 0 radical (unpaired) electrons. The van der Waals surface area contributed by atoms with E-state index in [1.807, 2.05) is 6.92 Å². The van der Waals surface area contributed by atoms with Crippen molar-refractivity contribution in [3.8, 4) is 5.75 Å². The van der Waals surface area contributed by atoms with Gasteiger partial charge in [-0.1, -0.05) is 48.7 Å². The van der Waals surface area contributed by atoms with Crippen molar-refractivity contribution in [2.24, 2.45) is 5.92 Å². The Balaban J connectivity index is 1.74. The molecule has 0 atom stereocenters. The summed E-state index contributed by atoms with van der Waals surface area (Å²) in [5.41, 5.74) is 1.12. The van der Waals surface area contributed by atoms with Crippen molar-refractivity contribution >= 4 is 36.9 Å². The molecule has 4 aromatic rings. The summed E-state index contributed by atoms with van der Waals surface area (Å²) in [6.07, 6.45) is 6.88. The Morgan fingerprint density at radius 1 is 0.947 bits per heavy atom. The lowest BCUT2D eigenvalue weighted by Crippen LogP contribution is -2.18. The first-order valence-corrected chi connectivity index (χ1v) is 15.1. The van der Waals surface area contributed by atoms with Crippen LogP contribution in [0.4, 0.5) is 0 Å². The summed E-state index contributed by atoms with van der Waals surface area (Å²) in [6, 6.07) is 17.5. The first kappa shape index (κ1) is 26.0. The molecule has 38 heavy (non-hydrogen) atoms. The van der Waals surface area contributed by atoms with Crippen LogP contribution in [-0.2, 0) is 24.3 Å². The SMILES string of the molecule is COc1cnc2c(c1)cc(C(=CC1CCCC1)OS(=O)(=O)c1ccc(C)cc1)n2S(=O)(=O)c1ccccc1. The van der Waals surface area contributed by atoms with Gasteiger partial charge in [0.1, 0.15) is 16.3 Å². The van der Waals surface area contributed by atoms with Gasteiger partial charge in [0.2, 0.25) is 0 Å². The second-order valence-corrected chi connectivity index (χ2v) is 12.7. The van der Waals surface area contributed by atoms with Crippen LogP contribution in [0.25, 0.3) is 16.8 Å². The van der Waals surface area contributed by atoms with Crippen molar-refractivity contribution in [3.63, 3.8) is 0 Å². The maximum absolute atomic E-state index is 14.0. The van der Waals surface area contributed by atoms with Crippen LogP contribution < -0.4 is 4.74 Å². The number of hydrogen-bond donors (Lipinski definition) is 0. The number of fused-ring (bicyclic) bond motifs is 1. The molecule has 0 N–H and O–H groups in total. The largest absolute Gasteiger partial charge is 0.495 e. The molecule has 1 aliphatic carbocycles. The third-order valence-corrected chi connectivity index (χ3v) is 9.61. The lowest BCUT2D eigenvalue weighted by Gasteiger charge is -2.16. The van der Waals surface area contributed by atoms with E-state index in [2.05, 4.69) is 4.98 Å². The fraction of sp³-hybridized carbons (Fsp3) is 0.250. The number of allylic oxidation sites excluding steroid dienone is 1.